The lowest BCUT2D eigenvalue weighted by molar-refractivity contribution is -0.104. The van der Waals surface area contributed by atoms with Gasteiger partial charge in [-0.3, -0.25) is 0 Å². The smallest absolute Gasteiger partial charge is 0.240 e. The van der Waals surface area contributed by atoms with E-state index < -0.39 is 15.0 Å². The predicted molar refractivity (Wildman–Crippen MR) is 68.3 cm³/mol. The number of benzene rings is 1. The fraction of sp³-hybridized carbons (Fsp3) is 0.222. The van der Waals surface area contributed by atoms with Gasteiger partial charge in [-0.05, 0) is 58.5 Å². The van der Waals surface area contributed by atoms with Gasteiger partial charge in [-0.25, -0.2) is 4.99 Å². The van der Waals surface area contributed by atoms with Crippen molar-refractivity contribution in [3.8, 4) is 0 Å². The van der Waals surface area contributed by atoms with Crippen molar-refractivity contribution in [2.75, 3.05) is 0 Å². The average molecular weight is 400 g/mol. The third-order valence-corrected chi connectivity index (χ3v) is 3.08. The van der Waals surface area contributed by atoms with E-state index in [4.69, 9.17) is 11.6 Å². The largest absolute Gasteiger partial charge is 0.390 e. The van der Waals surface area contributed by atoms with Crippen LogP contribution in [0.5, 0.6) is 0 Å². The van der Waals surface area contributed by atoms with Crippen molar-refractivity contribution in [3.63, 3.8) is 0 Å². The minimum atomic E-state index is -4.68. The Morgan fingerprint density at radius 3 is 2.00 bits per heavy atom. The van der Waals surface area contributed by atoms with Gasteiger partial charge >= 0.3 is 11.3 Å². The number of hydrogen-bond donors (Lipinski definition) is 0. The van der Waals surface area contributed by atoms with E-state index in [0.717, 1.165) is 22.6 Å². The second kappa shape index (κ2) is 5.27. The first kappa shape index (κ1) is 15.0. The lowest BCUT2D eigenvalue weighted by Crippen LogP contribution is -2.40. The first-order valence-electron chi connectivity index (χ1n) is 4.09. The van der Waals surface area contributed by atoms with E-state index in [-0.39, 0.29) is 5.69 Å². The van der Waals surface area contributed by atoms with E-state index in [2.05, 4.69) is 16.6 Å². The molecule has 0 fully saturated rings. The molecule has 0 radical (unpaired) electrons. The summed E-state index contributed by atoms with van der Waals surface area (Å²) in [6.07, 6.45) is 0. The molecule has 0 saturated heterocycles. The topological polar surface area (TPSA) is 12.4 Å². The Kier molecular flexibility index (Phi) is 4.65. The Bertz CT molecular complexity index is 428. The Balaban J connectivity index is 3.04. The molecule has 0 atom stereocenters. The zero-order valence-corrected chi connectivity index (χ0v) is 11.6. The number of nitrogens with zero attached hydrogens (tertiary/aromatic N) is 1. The first-order valence-corrected chi connectivity index (χ1v) is 5.93. The maximum Gasteiger partial charge on any atom is 0.390 e. The van der Waals surface area contributed by atoms with E-state index in [9.17, 15) is 17.6 Å². The number of halogens is 7. The van der Waals surface area contributed by atoms with Crippen molar-refractivity contribution in [3.05, 3.63) is 29.3 Å². The predicted octanol–water partition coefficient (Wildman–Crippen LogP) is 5.27. The monoisotopic (exact) mass is 399 g/mol. The van der Waals surface area contributed by atoms with Gasteiger partial charge in [-0.2, -0.15) is 17.6 Å². The summed E-state index contributed by atoms with van der Waals surface area (Å²) in [6, 6.07) is 5.45. The van der Waals surface area contributed by atoms with Crippen molar-refractivity contribution in [2.24, 2.45) is 4.99 Å². The van der Waals surface area contributed by atoms with Gasteiger partial charge in [-0.1, -0.05) is 11.6 Å². The molecule has 0 aliphatic heterocycles. The van der Waals surface area contributed by atoms with Crippen molar-refractivity contribution < 1.29 is 17.6 Å². The van der Waals surface area contributed by atoms with Crippen LogP contribution in [0.15, 0.2) is 29.3 Å². The molecule has 0 aliphatic rings. The molecular formula is C9H4Cl2F4IN. The van der Waals surface area contributed by atoms with E-state index in [1.165, 1.54) is 24.3 Å². The van der Waals surface area contributed by atoms with E-state index in [0.29, 0.717) is 5.02 Å². The molecule has 0 amide bonds. The lowest BCUT2D eigenvalue weighted by atomic mass is 10.3. The number of hydrogen-bond acceptors (Lipinski definition) is 1. The molecule has 0 heterocycles. The molecule has 1 rings (SSSR count). The summed E-state index contributed by atoms with van der Waals surface area (Å²) in [6.45, 7) is 0. The summed E-state index contributed by atoms with van der Waals surface area (Å²) in [7, 11) is 0. The summed E-state index contributed by atoms with van der Waals surface area (Å²) in [4.78, 5) is 3.37. The molecule has 0 saturated carbocycles. The molecular weight excluding hydrogens is 396 g/mol. The Hall–Kier alpha value is -0.0800. The van der Waals surface area contributed by atoms with Gasteiger partial charge in [0.1, 0.15) is 0 Å². The zero-order valence-electron chi connectivity index (χ0n) is 7.90. The average Bonchev–Trinajstić information content (AvgIpc) is 2.19. The summed E-state index contributed by atoms with van der Waals surface area (Å²) in [5.41, 5.74) is 0.0828. The third kappa shape index (κ3) is 3.69. The van der Waals surface area contributed by atoms with Crippen LogP contribution in [0.2, 0.25) is 5.02 Å². The summed E-state index contributed by atoms with van der Waals surface area (Å²) in [5, 5.41) is -4.30. The maximum absolute atomic E-state index is 13.0. The van der Waals surface area contributed by atoms with Crippen molar-refractivity contribution in [1.29, 1.82) is 0 Å². The van der Waals surface area contributed by atoms with Gasteiger partial charge in [0.05, 0.1) is 5.69 Å². The van der Waals surface area contributed by atoms with Crippen molar-refractivity contribution in [1.82, 2.24) is 0 Å². The highest BCUT2D eigenvalue weighted by atomic mass is 127. The van der Waals surface area contributed by atoms with Crippen LogP contribution in [0.3, 0.4) is 0 Å². The van der Waals surface area contributed by atoms with Gasteiger partial charge in [0.2, 0.25) is 0 Å². The standard InChI is InChI=1S/C9H4Cl2F4IN/c10-5-1-3-6(4-2-5)17-7(16)8(12,13)9(11,14)15/h1-4H. The fourth-order valence-electron chi connectivity index (χ4n) is 0.816. The molecule has 0 spiro atoms. The number of aliphatic imine (C=N–C) groups is 1. The molecule has 1 aromatic carbocycles. The van der Waals surface area contributed by atoms with Crippen LogP contribution in [-0.2, 0) is 0 Å². The molecule has 0 aromatic heterocycles. The third-order valence-electron chi connectivity index (χ3n) is 1.67. The highest BCUT2D eigenvalue weighted by Gasteiger charge is 2.58. The minimum Gasteiger partial charge on any atom is -0.240 e. The summed E-state index contributed by atoms with van der Waals surface area (Å²) < 4.78 is 49.8. The fourth-order valence-corrected chi connectivity index (χ4v) is 1.81. The molecule has 0 unspecified atom stereocenters. The van der Waals surface area contributed by atoms with Crippen LogP contribution in [0, 0.1) is 0 Å². The SMILES string of the molecule is FC(F)(Cl)C(F)(F)C(I)=Nc1ccc(Cl)cc1. The van der Waals surface area contributed by atoms with Crippen LogP contribution in [0.1, 0.15) is 0 Å². The molecule has 0 N–H and O–H groups in total. The van der Waals surface area contributed by atoms with Crippen molar-refractivity contribution in [2.45, 2.75) is 11.3 Å². The Labute approximate surface area is 118 Å². The molecule has 17 heavy (non-hydrogen) atoms. The van der Waals surface area contributed by atoms with Crippen molar-refractivity contribution >= 4 is 55.2 Å². The first-order chi connectivity index (χ1) is 7.64. The van der Waals surface area contributed by atoms with Gasteiger partial charge in [0.25, 0.3) is 0 Å². The van der Waals surface area contributed by atoms with Crippen LogP contribution in [-0.4, -0.2) is 15.0 Å². The number of alkyl halides is 5. The quantitative estimate of drug-likeness (QED) is 0.284. The van der Waals surface area contributed by atoms with Gasteiger partial charge in [0, 0.05) is 5.02 Å². The zero-order chi connectivity index (χ0) is 13.3. The molecule has 0 aliphatic carbocycles. The molecule has 94 valence electrons. The molecule has 0 bridgehead atoms. The second-order valence-electron chi connectivity index (χ2n) is 2.95. The van der Waals surface area contributed by atoms with Crippen LogP contribution >= 0.6 is 45.8 Å². The number of rotatable bonds is 3. The van der Waals surface area contributed by atoms with E-state index in [1.807, 2.05) is 0 Å². The second-order valence-corrected chi connectivity index (χ2v) is 4.88. The lowest BCUT2D eigenvalue weighted by Gasteiger charge is -2.19. The van der Waals surface area contributed by atoms with Crippen LogP contribution in [0.25, 0.3) is 0 Å². The molecule has 8 heteroatoms. The Morgan fingerprint density at radius 2 is 1.59 bits per heavy atom. The van der Waals surface area contributed by atoms with Gasteiger partial charge in [0.15, 0.2) is 3.72 Å². The van der Waals surface area contributed by atoms with Crippen LogP contribution in [0.4, 0.5) is 23.2 Å². The summed E-state index contributed by atoms with van der Waals surface area (Å²) >= 11 is 10.9. The van der Waals surface area contributed by atoms with Gasteiger partial charge < -0.3 is 0 Å². The maximum atomic E-state index is 13.0. The normalized spacial score (nSPS) is 13.9. The molecule has 1 aromatic rings. The van der Waals surface area contributed by atoms with E-state index in [1.54, 1.807) is 0 Å². The highest BCUT2D eigenvalue weighted by Crippen LogP contribution is 2.41. The molecule has 1 nitrogen and oxygen atoms in total. The van der Waals surface area contributed by atoms with E-state index >= 15 is 0 Å². The van der Waals surface area contributed by atoms with Crippen LogP contribution < -0.4 is 0 Å². The Morgan fingerprint density at radius 1 is 1.12 bits per heavy atom. The highest BCUT2D eigenvalue weighted by molar-refractivity contribution is 14.1. The minimum absolute atomic E-state index is 0.0828. The summed E-state index contributed by atoms with van der Waals surface area (Å²) in [5.74, 6) is -4.52. The van der Waals surface area contributed by atoms with Gasteiger partial charge in [-0.15, -0.1) is 0 Å².